The lowest BCUT2D eigenvalue weighted by atomic mass is 10.1. The minimum atomic E-state index is 0.603. The molecule has 2 rings (SSSR count). The molecule has 14 heavy (non-hydrogen) atoms. The van der Waals surface area contributed by atoms with E-state index >= 15 is 0 Å². The van der Waals surface area contributed by atoms with Gasteiger partial charge in [-0.15, -0.1) is 0 Å². The van der Waals surface area contributed by atoms with Crippen LogP contribution in [0.1, 0.15) is 18.5 Å². The Morgan fingerprint density at radius 2 is 2.36 bits per heavy atom. The summed E-state index contributed by atoms with van der Waals surface area (Å²) in [6.07, 6.45) is 4.21. The molecule has 1 fully saturated rings. The van der Waals surface area contributed by atoms with Crippen molar-refractivity contribution >= 4 is 0 Å². The second kappa shape index (κ2) is 4.57. The van der Waals surface area contributed by atoms with E-state index in [1.165, 1.54) is 0 Å². The van der Waals surface area contributed by atoms with Crippen LogP contribution in [0.2, 0.25) is 0 Å². The minimum Gasteiger partial charge on any atom is -0.381 e. The normalized spacial score (nSPS) is 18.6. The van der Waals surface area contributed by atoms with Crippen molar-refractivity contribution in [2.75, 3.05) is 13.2 Å². The van der Waals surface area contributed by atoms with E-state index in [1.54, 1.807) is 0 Å². The molecule has 0 aromatic carbocycles. The fourth-order valence-electron chi connectivity index (χ4n) is 1.71. The fraction of sp³-hybridized carbons (Fsp3) is 0.700. The lowest BCUT2D eigenvalue weighted by Crippen LogP contribution is -2.34. The number of hydrogen-bond donors (Lipinski definition) is 1. The Labute approximate surface area is 84.3 Å². The van der Waals surface area contributed by atoms with E-state index in [2.05, 4.69) is 10.4 Å². The van der Waals surface area contributed by atoms with Gasteiger partial charge in [-0.05, 0) is 18.9 Å². The molecular weight excluding hydrogens is 178 g/mol. The maximum Gasteiger partial charge on any atom is 0.0762 e. The molecule has 2 heterocycles. The third kappa shape index (κ3) is 2.56. The summed E-state index contributed by atoms with van der Waals surface area (Å²) in [6.45, 7) is 2.64. The quantitative estimate of drug-likeness (QED) is 0.771. The van der Waals surface area contributed by atoms with Crippen LogP contribution >= 0.6 is 0 Å². The van der Waals surface area contributed by atoms with Gasteiger partial charge in [0.2, 0.25) is 0 Å². The molecular formula is C10H17N3O. The summed E-state index contributed by atoms with van der Waals surface area (Å²) < 4.78 is 7.13. The number of hydrogen-bond acceptors (Lipinski definition) is 3. The smallest absolute Gasteiger partial charge is 0.0762 e. The van der Waals surface area contributed by atoms with Gasteiger partial charge in [0.1, 0.15) is 0 Å². The largest absolute Gasteiger partial charge is 0.381 e. The molecule has 1 N–H and O–H groups in total. The van der Waals surface area contributed by atoms with Crippen LogP contribution < -0.4 is 5.32 Å². The Hall–Kier alpha value is -0.870. The second-order valence-corrected chi connectivity index (χ2v) is 3.75. The number of nitrogens with one attached hydrogen (secondary N) is 1. The molecule has 1 aliphatic rings. The minimum absolute atomic E-state index is 0.603. The molecule has 1 aromatic heterocycles. The van der Waals surface area contributed by atoms with Gasteiger partial charge in [-0.1, -0.05) is 0 Å². The molecule has 0 radical (unpaired) electrons. The molecule has 4 heteroatoms. The maximum atomic E-state index is 5.30. The van der Waals surface area contributed by atoms with Crippen molar-refractivity contribution < 1.29 is 4.74 Å². The molecule has 4 nitrogen and oxygen atoms in total. The van der Waals surface area contributed by atoms with Crippen LogP contribution in [0.3, 0.4) is 0 Å². The van der Waals surface area contributed by atoms with Crippen LogP contribution in [0.15, 0.2) is 12.3 Å². The van der Waals surface area contributed by atoms with Crippen molar-refractivity contribution in [3.8, 4) is 0 Å². The van der Waals surface area contributed by atoms with Crippen LogP contribution in [0.4, 0.5) is 0 Å². The van der Waals surface area contributed by atoms with Gasteiger partial charge in [0, 0.05) is 39.0 Å². The van der Waals surface area contributed by atoms with Gasteiger partial charge in [-0.3, -0.25) is 4.68 Å². The molecule has 0 bridgehead atoms. The Balaban J connectivity index is 1.76. The Bertz CT molecular complexity index is 279. The molecule has 0 aliphatic carbocycles. The summed E-state index contributed by atoms with van der Waals surface area (Å²) in [6, 6.07) is 2.65. The summed E-state index contributed by atoms with van der Waals surface area (Å²) >= 11 is 0. The highest BCUT2D eigenvalue weighted by molar-refractivity contribution is 4.98. The molecule has 1 aromatic rings. The first-order chi connectivity index (χ1) is 6.84. The number of rotatable bonds is 3. The zero-order valence-electron chi connectivity index (χ0n) is 8.57. The molecule has 0 atom stereocenters. The Morgan fingerprint density at radius 3 is 3.00 bits per heavy atom. The van der Waals surface area contributed by atoms with Crippen LogP contribution in [0.5, 0.6) is 0 Å². The van der Waals surface area contributed by atoms with Gasteiger partial charge in [0.15, 0.2) is 0 Å². The maximum absolute atomic E-state index is 5.30. The molecule has 1 aliphatic heterocycles. The van der Waals surface area contributed by atoms with E-state index in [4.69, 9.17) is 4.74 Å². The van der Waals surface area contributed by atoms with E-state index < -0.39 is 0 Å². The first kappa shape index (κ1) is 9.68. The molecule has 0 saturated carbocycles. The highest BCUT2D eigenvalue weighted by Gasteiger charge is 2.12. The van der Waals surface area contributed by atoms with E-state index in [-0.39, 0.29) is 0 Å². The van der Waals surface area contributed by atoms with Crippen molar-refractivity contribution in [2.24, 2.45) is 7.05 Å². The molecule has 0 spiro atoms. The predicted molar refractivity (Wildman–Crippen MR) is 53.9 cm³/mol. The standard InChI is InChI=1S/C10H17N3O/c1-13-5-2-10(12-13)8-11-9-3-6-14-7-4-9/h2,5,9,11H,3-4,6-8H2,1H3. The predicted octanol–water partition coefficient (Wildman–Crippen LogP) is 0.689. The van der Waals surface area contributed by atoms with Crippen molar-refractivity contribution in [2.45, 2.75) is 25.4 Å². The molecule has 78 valence electrons. The van der Waals surface area contributed by atoms with E-state index in [9.17, 15) is 0 Å². The molecule has 0 unspecified atom stereocenters. The Morgan fingerprint density at radius 1 is 1.57 bits per heavy atom. The van der Waals surface area contributed by atoms with Gasteiger partial charge >= 0.3 is 0 Å². The third-order valence-electron chi connectivity index (χ3n) is 2.56. The van der Waals surface area contributed by atoms with Crippen molar-refractivity contribution in [1.29, 1.82) is 0 Å². The zero-order chi connectivity index (χ0) is 9.80. The Kier molecular flexibility index (Phi) is 3.16. The number of nitrogens with zero attached hydrogens (tertiary/aromatic N) is 2. The second-order valence-electron chi connectivity index (χ2n) is 3.75. The van der Waals surface area contributed by atoms with Crippen molar-refractivity contribution in [3.05, 3.63) is 18.0 Å². The number of aryl methyl sites for hydroxylation is 1. The SMILES string of the molecule is Cn1ccc(CNC2CCOCC2)n1. The van der Waals surface area contributed by atoms with Crippen LogP contribution in [-0.2, 0) is 18.3 Å². The molecule has 0 amide bonds. The monoisotopic (exact) mass is 195 g/mol. The summed E-state index contributed by atoms with van der Waals surface area (Å²) in [5.41, 5.74) is 1.11. The highest BCUT2D eigenvalue weighted by Crippen LogP contribution is 2.06. The lowest BCUT2D eigenvalue weighted by molar-refractivity contribution is 0.0775. The van der Waals surface area contributed by atoms with Gasteiger partial charge in [-0.25, -0.2) is 0 Å². The number of ether oxygens (including phenoxy) is 1. The van der Waals surface area contributed by atoms with Gasteiger partial charge in [-0.2, -0.15) is 5.10 Å². The van der Waals surface area contributed by atoms with Gasteiger partial charge in [0.25, 0.3) is 0 Å². The van der Waals surface area contributed by atoms with Crippen molar-refractivity contribution in [1.82, 2.24) is 15.1 Å². The lowest BCUT2D eigenvalue weighted by Gasteiger charge is -2.22. The van der Waals surface area contributed by atoms with Crippen LogP contribution in [-0.4, -0.2) is 29.0 Å². The van der Waals surface area contributed by atoms with Crippen LogP contribution in [0.25, 0.3) is 0 Å². The first-order valence-electron chi connectivity index (χ1n) is 5.14. The van der Waals surface area contributed by atoms with E-state index in [0.717, 1.165) is 38.3 Å². The zero-order valence-corrected chi connectivity index (χ0v) is 8.57. The average Bonchev–Trinajstić information content (AvgIpc) is 2.63. The summed E-state index contributed by atoms with van der Waals surface area (Å²) in [5, 5.41) is 7.81. The topological polar surface area (TPSA) is 39.1 Å². The first-order valence-corrected chi connectivity index (χ1v) is 5.14. The van der Waals surface area contributed by atoms with Gasteiger partial charge < -0.3 is 10.1 Å². The summed E-state index contributed by atoms with van der Waals surface area (Å²) in [5.74, 6) is 0. The summed E-state index contributed by atoms with van der Waals surface area (Å²) in [7, 11) is 1.94. The van der Waals surface area contributed by atoms with Gasteiger partial charge in [0.05, 0.1) is 5.69 Å². The highest BCUT2D eigenvalue weighted by atomic mass is 16.5. The van der Waals surface area contributed by atoms with E-state index in [1.807, 2.05) is 24.0 Å². The average molecular weight is 195 g/mol. The van der Waals surface area contributed by atoms with E-state index in [0.29, 0.717) is 6.04 Å². The van der Waals surface area contributed by atoms with Crippen molar-refractivity contribution in [3.63, 3.8) is 0 Å². The third-order valence-corrected chi connectivity index (χ3v) is 2.56. The molecule has 1 saturated heterocycles. The fourth-order valence-corrected chi connectivity index (χ4v) is 1.71. The summed E-state index contributed by atoms with van der Waals surface area (Å²) in [4.78, 5) is 0. The number of aromatic nitrogens is 2. The van der Waals surface area contributed by atoms with Crippen LogP contribution in [0, 0.1) is 0 Å².